The lowest BCUT2D eigenvalue weighted by Gasteiger charge is -2.20. The maximum absolute atomic E-state index is 12.4. The molecule has 0 radical (unpaired) electrons. The molecule has 0 aliphatic carbocycles. The van der Waals surface area contributed by atoms with E-state index in [0.29, 0.717) is 23.6 Å². The number of halogens is 1. The largest absolute Gasteiger partial charge is 0.355 e. The molecule has 1 aliphatic heterocycles. The number of aryl methyl sites for hydroxylation is 2. The second-order valence-electron chi connectivity index (χ2n) is 7.33. The summed E-state index contributed by atoms with van der Waals surface area (Å²) >= 11 is 0. The molecule has 0 fully saturated rings. The minimum Gasteiger partial charge on any atom is -0.355 e. The Morgan fingerprint density at radius 3 is 2.27 bits per heavy atom. The molecule has 0 spiro atoms. The third kappa shape index (κ3) is 4.82. The van der Waals surface area contributed by atoms with E-state index in [-0.39, 0.29) is 48.4 Å². The lowest BCUT2D eigenvalue weighted by atomic mass is 10.1. The number of aliphatic imine (C=N–C) groups is 1. The van der Waals surface area contributed by atoms with Crippen LogP contribution in [-0.2, 0) is 13.5 Å². The number of carbonyl (C=O) groups is 2. The van der Waals surface area contributed by atoms with Gasteiger partial charge < -0.3 is 10.6 Å². The molecule has 8 nitrogen and oxygen atoms in total. The Hall–Kier alpha value is -2.43. The van der Waals surface area contributed by atoms with Crippen molar-refractivity contribution in [2.45, 2.75) is 33.2 Å². The van der Waals surface area contributed by atoms with Crippen LogP contribution in [0.2, 0.25) is 0 Å². The number of hydrogen-bond acceptors (Lipinski definition) is 4. The first-order chi connectivity index (χ1) is 13.8. The number of fused-ring (bicyclic) bond motifs is 1. The number of guanidine groups is 1. The van der Waals surface area contributed by atoms with Crippen LogP contribution in [0.3, 0.4) is 0 Å². The highest BCUT2D eigenvalue weighted by atomic mass is 127. The van der Waals surface area contributed by atoms with E-state index in [4.69, 9.17) is 0 Å². The van der Waals surface area contributed by atoms with Gasteiger partial charge in [-0.25, -0.2) is 0 Å². The zero-order valence-corrected chi connectivity index (χ0v) is 20.4. The minimum atomic E-state index is -0.244. The van der Waals surface area contributed by atoms with Gasteiger partial charge in [0.15, 0.2) is 5.96 Å². The highest BCUT2D eigenvalue weighted by molar-refractivity contribution is 14.0. The molecule has 1 aliphatic rings. The van der Waals surface area contributed by atoms with Crippen LogP contribution >= 0.6 is 24.0 Å². The number of carbonyl (C=O) groups excluding carboxylic acids is 2. The second-order valence-corrected chi connectivity index (χ2v) is 7.33. The molecule has 2 aromatic rings. The summed E-state index contributed by atoms with van der Waals surface area (Å²) in [5.41, 5.74) is 4.36. The number of amides is 2. The van der Waals surface area contributed by atoms with Gasteiger partial charge in [-0.2, -0.15) is 5.10 Å². The van der Waals surface area contributed by atoms with Gasteiger partial charge in [-0.1, -0.05) is 12.1 Å². The molecular weight excluding hydrogens is 495 g/mol. The first kappa shape index (κ1) is 23.8. The first-order valence-corrected chi connectivity index (χ1v) is 9.75. The van der Waals surface area contributed by atoms with E-state index in [1.165, 1.54) is 10.5 Å². The van der Waals surface area contributed by atoms with E-state index < -0.39 is 0 Å². The van der Waals surface area contributed by atoms with Crippen molar-refractivity contribution in [2.24, 2.45) is 12.0 Å². The first-order valence-electron chi connectivity index (χ1n) is 9.75. The Labute approximate surface area is 194 Å². The van der Waals surface area contributed by atoms with Crippen LogP contribution in [-0.4, -0.2) is 58.6 Å². The molecule has 0 bridgehead atoms. The summed E-state index contributed by atoms with van der Waals surface area (Å²) in [5, 5.41) is 11.0. The lowest BCUT2D eigenvalue weighted by molar-refractivity contribution is 0.0657. The number of nitrogens with zero attached hydrogens (tertiary/aromatic N) is 4. The van der Waals surface area contributed by atoms with Crippen molar-refractivity contribution in [3.05, 3.63) is 52.3 Å². The Bertz CT molecular complexity index is 933. The van der Waals surface area contributed by atoms with Gasteiger partial charge >= 0.3 is 0 Å². The van der Waals surface area contributed by atoms with Crippen LogP contribution in [0.15, 0.2) is 29.3 Å². The molecule has 162 valence electrons. The van der Waals surface area contributed by atoms with Crippen LogP contribution < -0.4 is 10.6 Å². The van der Waals surface area contributed by atoms with E-state index in [1.807, 2.05) is 18.7 Å². The predicted octanol–water partition coefficient (Wildman–Crippen LogP) is 2.05. The van der Waals surface area contributed by atoms with Crippen molar-refractivity contribution >= 4 is 41.8 Å². The van der Waals surface area contributed by atoms with E-state index in [1.54, 1.807) is 31.3 Å². The minimum absolute atomic E-state index is 0. The Kier molecular flexibility index (Phi) is 7.99. The van der Waals surface area contributed by atoms with Gasteiger partial charge in [0.2, 0.25) is 0 Å². The molecule has 2 N–H and O–H groups in total. The van der Waals surface area contributed by atoms with Gasteiger partial charge in [-0.3, -0.25) is 24.2 Å². The summed E-state index contributed by atoms with van der Waals surface area (Å²) in [4.78, 5) is 30.4. The fourth-order valence-electron chi connectivity index (χ4n) is 3.63. The van der Waals surface area contributed by atoms with Crippen LogP contribution in [0, 0.1) is 13.8 Å². The SMILES string of the molecule is CN=C(NCCN1C(=O)c2ccccc2C1=O)NC(C)Cc1c(C)nn(C)c1C.I. The molecule has 2 heterocycles. The van der Waals surface area contributed by atoms with Crippen molar-refractivity contribution in [3.63, 3.8) is 0 Å². The second kappa shape index (κ2) is 10.1. The summed E-state index contributed by atoms with van der Waals surface area (Å²) in [5.74, 6) is 0.144. The maximum Gasteiger partial charge on any atom is 0.261 e. The summed E-state index contributed by atoms with van der Waals surface area (Å²) in [6.45, 7) is 6.87. The third-order valence-corrected chi connectivity index (χ3v) is 5.28. The fraction of sp³-hybridized carbons (Fsp3) is 0.429. The predicted molar refractivity (Wildman–Crippen MR) is 128 cm³/mol. The van der Waals surface area contributed by atoms with E-state index in [0.717, 1.165) is 17.8 Å². The molecular formula is C21H29IN6O2. The molecule has 1 atom stereocenters. The highest BCUT2D eigenvalue weighted by Crippen LogP contribution is 2.21. The molecule has 1 aromatic heterocycles. The molecule has 0 saturated carbocycles. The van der Waals surface area contributed by atoms with Gasteiger partial charge in [-0.05, 0) is 44.9 Å². The van der Waals surface area contributed by atoms with Crippen LogP contribution in [0.5, 0.6) is 0 Å². The van der Waals surface area contributed by atoms with Crippen LogP contribution in [0.1, 0.15) is 44.6 Å². The molecule has 9 heteroatoms. The molecule has 0 saturated heterocycles. The lowest BCUT2D eigenvalue weighted by Crippen LogP contribution is -2.46. The summed E-state index contributed by atoms with van der Waals surface area (Å²) in [6.07, 6.45) is 0.824. The van der Waals surface area contributed by atoms with Crippen molar-refractivity contribution in [1.29, 1.82) is 0 Å². The monoisotopic (exact) mass is 524 g/mol. The average molecular weight is 524 g/mol. The number of rotatable bonds is 6. The summed E-state index contributed by atoms with van der Waals surface area (Å²) < 4.78 is 1.90. The topological polar surface area (TPSA) is 91.6 Å². The molecule has 2 amide bonds. The smallest absolute Gasteiger partial charge is 0.261 e. The Morgan fingerprint density at radius 1 is 1.17 bits per heavy atom. The van der Waals surface area contributed by atoms with E-state index in [9.17, 15) is 9.59 Å². The number of aromatic nitrogens is 2. The Balaban J connectivity index is 0.00000320. The van der Waals surface area contributed by atoms with Crippen LogP contribution in [0.25, 0.3) is 0 Å². The van der Waals surface area contributed by atoms with Gasteiger partial charge in [0, 0.05) is 38.9 Å². The molecule has 1 aromatic carbocycles. The van der Waals surface area contributed by atoms with Crippen molar-refractivity contribution in [3.8, 4) is 0 Å². The van der Waals surface area contributed by atoms with Crippen molar-refractivity contribution in [1.82, 2.24) is 25.3 Å². The maximum atomic E-state index is 12.4. The standard InChI is InChI=1S/C21H28N6O2.HI/c1-13(12-18-14(2)25-26(5)15(18)3)24-21(22-4)23-10-11-27-19(28)16-8-6-7-9-17(16)20(27)29;/h6-9,13H,10-12H2,1-5H3,(H2,22,23,24);1H. The molecule has 30 heavy (non-hydrogen) atoms. The summed E-state index contributed by atoms with van der Waals surface area (Å²) in [7, 11) is 3.65. The normalized spacial score (nSPS) is 14.4. The van der Waals surface area contributed by atoms with Crippen LogP contribution in [0.4, 0.5) is 0 Å². The number of nitrogens with one attached hydrogen (secondary N) is 2. The highest BCUT2D eigenvalue weighted by Gasteiger charge is 2.34. The van der Waals surface area contributed by atoms with Gasteiger partial charge in [0.1, 0.15) is 0 Å². The zero-order valence-electron chi connectivity index (χ0n) is 18.0. The quantitative estimate of drug-likeness (QED) is 0.261. The number of benzene rings is 1. The summed E-state index contributed by atoms with van der Waals surface area (Å²) in [6, 6.07) is 7.05. The number of imide groups is 1. The van der Waals surface area contributed by atoms with Gasteiger partial charge in [0.25, 0.3) is 11.8 Å². The van der Waals surface area contributed by atoms with Gasteiger partial charge in [0.05, 0.1) is 16.8 Å². The average Bonchev–Trinajstić information content (AvgIpc) is 3.09. The van der Waals surface area contributed by atoms with E-state index >= 15 is 0 Å². The zero-order chi connectivity index (χ0) is 21.1. The van der Waals surface area contributed by atoms with Crippen molar-refractivity contribution < 1.29 is 9.59 Å². The number of hydrogen-bond donors (Lipinski definition) is 2. The van der Waals surface area contributed by atoms with E-state index in [2.05, 4.69) is 34.6 Å². The molecule has 1 unspecified atom stereocenters. The molecule has 3 rings (SSSR count). The third-order valence-electron chi connectivity index (χ3n) is 5.28. The van der Waals surface area contributed by atoms with Crippen molar-refractivity contribution in [2.75, 3.05) is 20.1 Å². The fourth-order valence-corrected chi connectivity index (χ4v) is 3.63. The van der Waals surface area contributed by atoms with Gasteiger partial charge in [-0.15, -0.1) is 24.0 Å². The Morgan fingerprint density at radius 2 is 1.77 bits per heavy atom.